The normalized spacial score (nSPS) is 12.0. The van der Waals surface area contributed by atoms with Gasteiger partial charge in [0, 0.05) is 36.8 Å². The summed E-state index contributed by atoms with van der Waals surface area (Å²) in [5.74, 6) is -0.469. The number of ether oxygens (including phenoxy) is 1. The van der Waals surface area contributed by atoms with E-state index in [2.05, 4.69) is 26.0 Å². The molecule has 0 aromatic heterocycles. The Morgan fingerprint density at radius 3 is 2.45 bits per heavy atom. The SMILES string of the molecule is CN(C)S(=O)(=O)c1ccc(C=CC(=O)NCc2cc(Br)ccc2OC(F)F)cc1. The van der Waals surface area contributed by atoms with Gasteiger partial charge in [-0.2, -0.15) is 8.78 Å². The molecule has 1 amide bonds. The molecule has 0 fully saturated rings. The summed E-state index contributed by atoms with van der Waals surface area (Å²) >= 11 is 3.24. The van der Waals surface area contributed by atoms with Crippen LogP contribution in [-0.2, 0) is 21.4 Å². The number of hydrogen-bond donors (Lipinski definition) is 1. The molecule has 2 aromatic carbocycles. The number of carbonyl (C=O) groups excluding carboxylic acids is 1. The molecule has 0 unspecified atom stereocenters. The van der Waals surface area contributed by atoms with E-state index < -0.39 is 22.5 Å². The maximum Gasteiger partial charge on any atom is 0.387 e. The topological polar surface area (TPSA) is 75.7 Å². The molecule has 0 saturated heterocycles. The lowest BCUT2D eigenvalue weighted by Crippen LogP contribution is -2.22. The van der Waals surface area contributed by atoms with Gasteiger partial charge < -0.3 is 10.1 Å². The third-order valence-electron chi connectivity index (χ3n) is 3.78. The quantitative estimate of drug-likeness (QED) is 0.575. The molecule has 0 aliphatic rings. The lowest BCUT2D eigenvalue weighted by atomic mass is 10.2. The maximum atomic E-state index is 12.5. The Bertz CT molecular complexity index is 994. The van der Waals surface area contributed by atoms with Crippen LogP contribution in [0.5, 0.6) is 5.75 Å². The van der Waals surface area contributed by atoms with Crippen molar-refractivity contribution < 1.29 is 26.7 Å². The number of halogens is 3. The van der Waals surface area contributed by atoms with Gasteiger partial charge in [-0.15, -0.1) is 0 Å². The first kappa shape index (κ1) is 23.0. The minimum Gasteiger partial charge on any atom is -0.434 e. The average molecular weight is 489 g/mol. The van der Waals surface area contributed by atoms with Crippen molar-refractivity contribution in [2.24, 2.45) is 0 Å². The zero-order valence-corrected chi connectivity index (χ0v) is 18.0. The second-order valence-corrected chi connectivity index (χ2v) is 9.11. The van der Waals surface area contributed by atoms with E-state index in [1.807, 2.05) is 0 Å². The maximum absolute atomic E-state index is 12.5. The third kappa shape index (κ3) is 6.62. The molecule has 0 heterocycles. The van der Waals surface area contributed by atoms with Gasteiger partial charge in [-0.25, -0.2) is 12.7 Å². The van der Waals surface area contributed by atoms with Crippen LogP contribution in [0.3, 0.4) is 0 Å². The lowest BCUT2D eigenvalue weighted by Gasteiger charge is -2.11. The number of hydrogen-bond acceptors (Lipinski definition) is 4. The van der Waals surface area contributed by atoms with E-state index in [1.54, 1.807) is 24.3 Å². The first-order valence-electron chi connectivity index (χ1n) is 8.31. The molecule has 156 valence electrons. The second-order valence-electron chi connectivity index (χ2n) is 6.04. The molecule has 0 atom stereocenters. The van der Waals surface area contributed by atoms with Crippen molar-refractivity contribution in [1.29, 1.82) is 0 Å². The number of carbonyl (C=O) groups is 1. The lowest BCUT2D eigenvalue weighted by molar-refractivity contribution is -0.116. The van der Waals surface area contributed by atoms with Gasteiger partial charge in [0.2, 0.25) is 15.9 Å². The second kappa shape index (κ2) is 9.95. The summed E-state index contributed by atoms with van der Waals surface area (Å²) in [5.41, 5.74) is 1.02. The smallest absolute Gasteiger partial charge is 0.387 e. The molecular formula is C19H19BrF2N2O4S. The molecule has 29 heavy (non-hydrogen) atoms. The van der Waals surface area contributed by atoms with Gasteiger partial charge in [0.1, 0.15) is 5.75 Å². The number of nitrogens with zero attached hydrogens (tertiary/aromatic N) is 1. The van der Waals surface area contributed by atoms with E-state index in [1.165, 1.54) is 44.4 Å². The van der Waals surface area contributed by atoms with Gasteiger partial charge in [0.25, 0.3) is 0 Å². The summed E-state index contributed by atoms with van der Waals surface area (Å²) < 4.78 is 55.2. The van der Waals surface area contributed by atoms with Gasteiger partial charge in [0.15, 0.2) is 0 Å². The third-order valence-corrected chi connectivity index (χ3v) is 6.10. The first-order valence-corrected chi connectivity index (χ1v) is 10.5. The predicted molar refractivity (Wildman–Crippen MR) is 109 cm³/mol. The van der Waals surface area contributed by atoms with Crippen LogP contribution in [0.15, 0.2) is 57.9 Å². The largest absolute Gasteiger partial charge is 0.434 e. The number of nitrogens with one attached hydrogen (secondary N) is 1. The van der Waals surface area contributed by atoms with Crippen LogP contribution in [0.1, 0.15) is 11.1 Å². The van der Waals surface area contributed by atoms with Crippen molar-refractivity contribution >= 4 is 37.9 Å². The van der Waals surface area contributed by atoms with Crippen molar-refractivity contribution in [3.05, 3.63) is 64.1 Å². The Balaban J connectivity index is 2.01. The highest BCUT2D eigenvalue weighted by Crippen LogP contribution is 2.24. The fourth-order valence-corrected chi connectivity index (χ4v) is 3.58. The highest BCUT2D eigenvalue weighted by molar-refractivity contribution is 9.10. The summed E-state index contributed by atoms with van der Waals surface area (Å²) in [6.45, 7) is -2.98. The Hall–Kier alpha value is -2.30. The molecule has 0 aliphatic heterocycles. The molecule has 0 radical (unpaired) electrons. The van der Waals surface area contributed by atoms with E-state index in [-0.39, 0.29) is 17.2 Å². The van der Waals surface area contributed by atoms with E-state index in [0.717, 1.165) is 4.31 Å². The predicted octanol–water partition coefficient (Wildman–Crippen LogP) is 3.63. The molecule has 1 N–H and O–H groups in total. The van der Waals surface area contributed by atoms with E-state index >= 15 is 0 Å². The fraction of sp³-hybridized carbons (Fsp3) is 0.211. The highest BCUT2D eigenvalue weighted by Gasteiger charge is 2.16. The Kier molecular flexibility index (Phi) is 7.88. The van der Waals surface area contributed by atoms with Crippen LogP contribution in [0.25, 0.3) is 6.08 Å². The molecule has 0 saturated carbocycles. The summed E-state index contributed by atoms with van der Waals surface area (Å²) in [6.07, 6.45) is 2.78. The minimum absolute atomic E-state index is 0.00924. The van der Waals surface area contributed by atoms with Gasteiger partial charge in [-0.1, -0.05) is 28.1 Å². The minimum atomic E-state index is -3.52. The molecule has 0 aliphatic carbocycles. The summed E-state index contributed by atoms with van der Waals surface area (Å²) in [7, 11) is -0.638. The number of sulfonamides is 1. The van der Waals surface area contributed by atoms with Crippen LogP contribution < -0.4 is 10.1 Å². The van der Waals surface area contributed by atoms with Crippen LogP contribution in [0.4, 0.5) is 8.78 Å². The van der Waals surface area contributed by atoms with E-state index in [4.69, 9.17) is 0 Å². The van der Waals surface area contributed by atoms with Gasteiger partial charge in [-0.3, -0.25) is 4.79 Å². The molecular weight excluding hydrogens is 470 g/mol. The van der Waals surface area contributed by atoms with Crippen molar-refractivity contribution in [3.8, 4) is 5.75 Å². The van der Waals surface area contributed by atoms with Gasteiger partial charge in [0.05, 0.1) is 4.90 Å². The molecule has 10 heteroatoms. The van der Waals surface area contributed by atoms with Crippen LogP contribution in [0, 0.1) is 0 Å². The standard InChI is InChI=1S/C19H19BrF2N2O4S/c1-24(2)29(26,27)16-7-3-13(4-8-16)5-10-18(25)23-12-14-11-15(20)6-9-17(14)28-19(21)22/h3-11,19H,12H2,1-2H3,(H,23,25). The number of benzene rings is 2. The van der Waals surface area contributed by atoms with E-state index in [0.29, 0.717) is 15.6 Å². The molecule has 2 rings (SSSR count). The number of rotatable bonds is 8. The van der Waals surface area contributed by atoms with Gasteiger partial charge >= 0.3 is 6.61 Å². The van der Waals surface area contributed by atoms with Crippen LogP contribution in [0.2, 0.25) is 0 Å². The molecule has 2 aromatic rings. The zero-order chi connectivity index (χ0) is 21.6. The van der Waals surface area contributed by atoms with Gasteiger partial charge in [-0.05, 0) is 42.0 Å². The summed E-state index contributed by atoms with van der Waals surface area (Å²) in [6, 6.07) is 10.6. The monoisotopic (exact) mass is 488 g/mol. The van der Waals surface area contributed by atoms with Crippen molar-refractivity contribution in [2.45, 2.75) is 18.1 Å². The summed E-state index contributed by atoms with van der Waals surface area (Å²) in [4.78, 5) is 12.2. The van der Waals surface area contributed by atoms with E-state index in [9.17, 15) is 22.0 Å². The Labute approximate surface area is 176 Å². The molecule has 6 nitrogen and oxygen atoms in total. The Morgan fingerprint density at radius 1 is 1.21 bits per heavy atom. The van der Waals surface area contributed by atoms with Crippen molar-refractivity contribution in [3.63, 3.8) is 0 Å². The Morgan fingerprint density at radius 2 is 1.86 bits per heavy atom. The van der Waals surface area contributed by atoms with Crippen LogP contribution in [-0.4, -0.2) is 39.3 Å². The van der Waals surface area contributed by atoms with Crippen LogP contribution >= 0.6 is 15.9 Å². The molecule has 0 bridgehead atoms. The average Bonchev–Trinajstić information content (AvgIpc) is 2.66. The highest BCUT2D eigenvalue weighted by atomic mass is 79.9. The number of alkyl halides is 2. The number of amides is 1. The van der Waals surface area contributed by atoms with Crippen molar-refractivity contribution in [2.75, 3.05) is 14.1 Å². The molecule has 0 spiro atoms. The summed E-state index contributed by atoms with van der Waals surface area (Å²) in [5, 5.41) is 2.59. The fourth-order valence-electron chi connectivity index (χ4n) is 2.27. The zero-order valence-electron chi connectivity index (χ0n) is 15.6. The van der Waals surface area contributed by atoms with Crippen molar-refractivity contribution in [1.82, 2.24) is 9.62 Å². The first-order chi connectivity index (χ1) is 13.6.